The van der Waals surface area contributed by atoms with E-state index in [-0.39, 0.29) is 24.3 Å². The van der Waals surface area contributed by atoms with Crippen molar-refractivity contribution in [3.8, 4) is 0 Å². The lowest BCUT2D eigenvalue weighted by molar-refractivity contribution is -0.125. The fourth-order valence-corrected chi connectivity index (χ4v) is 2.19. The molecular weight excluding hydrogens is 328 g/mol. The number of anilines is 2. The SMILES string of the molecule is C=CCNC(=O)Nc1ccc(NC(=O)C(CC)(CC)CN)cc1.Cl. The van der Waals surface area contributed by atoms with Crippen LogP contribution in [0.3, 0.4) is 0 Å². The summed E-state index contributed by atoms with van der Waals surface area (Å²) in [5, 5.41) is 8.20. The van der Waals surface area contributed by atoms with Gasteiger partial charge in [-0.05, 0) is 37.1 Å². The normalized spacial score (nSPS) is 10.3. The Morgan fingerprint density at radius 2 is 1.62 bits per heavy atom. The van der Waals surface area contributed by atoms with Crippen molar-refractivity contribution in [3.05, 3.63) is 36.9 Å². The average Bonchev–Trinajstić information content (AvgIpc) is 2.57. The lowest BCUT2D eigenvalue weighted by Crippen LogP contribution is -2.41. The molecule has 0 saturated carbocycles. The van der Waals surface area contributed by atoms with Gasteiger partial charge in [-0.3, -0.25) is 4.79 Å². The van der Waals surface area contributed by atoms with E-state index in [2.05, 4.69) is 22.5 Å². The van der Waals surface area contributed by atoms with Gasteiger partial charge in [-0.15, -0.1) is 19.0 Å². The summed E-state index contributed by atoms with van der Waals surface area (Å²) in [7, 11) is 0. The number of rotatable bonds is 8. The zero-order valence-electron chi connectivity index (χ0n) is 14.2. The summed E-state index contributed by atoms with van der Waals surface area (Å²) in [5.41, 5.74) is 6.55. The van der Waals surface area contributed by atoms with Gasteiger partial charge in [-0.1, -0.05) is 19.9 Å². The number of urea groups is 1. The van der Waals surface area contributed by atoms with E-state index in [0.29, 0.717) is 37.3 Å². The predicted molar refractivity (Wildman–Crippen MR) is 102 cm³/mol. The van der Waals surface area contributed by atoms with Crippen molar-refractivity contribution in [2.45, 2.75) is 26.7 Å². The second-order valence-electron chi connectivity index (χ2n) is 5.35. The molecule has 134 valence electrons. The van der Waals surface area contributed by atoms with E-state index in [4.69, 9.17) is 5.73 Å². The molecule has 0 heterocycles. The molecule has 24 heavy (non-hydrogen) atoms. The fraction of sp³-hybridized carbons (Fsp3) is 0.412. The lowest BCUT2D eigenvalue weighted by Gasteiger charge is -2.28. The number of benzene rings is 1. The lowest BCUT2D eigenvalue weighted by atomic mass is 9.81. The van der Waals surface area contributed by atoms with Gasteiger partial charge >= 0.3 is 6.03 Å². The Morgan fingerprint density at radius 3 is 2.04 bits per heavy atom. The summed E-state index contributed by atoms with van der Waals surface area (Å²) in [6.07, 6.45) is 2.98. The second kappa shape index (κ2) is 10.7. The standard InChI is InChI=1S/C17H26N4O2.ClH/c1-4-11-19-16(23)21-14-9-7-13(8-10-14)20-15(22)17(5-2,6-3)12-18;/h4,7-10H,1,5-6,11-12,18H2,2-3H3,(H,20,22)(H2,19,21,23);1H. The van der Waals surface area contributed by atoms with Gasteiger partial charge in [-0.2, -0.15) is 0 Å². The van der Waals surface area contributed by atoms with Crippen molar-refractivity contribution in [1.29, 1.82) is 0 Å². The monoisotopic (exact) mass is 354 g/mol. The van der Waals surface area contributed by atoms with E-state index >= 15 is 0 Å². The number of nitrogens with one attached hydrogen (secondary N) is 3. The molecule has 0 aliphatic heterocycles. The average molecular weight is 355 g/mol. The number of halogens is 1. The molecule has 1 rings (SSSR count). The van der Waals surface area contributed by atoms with Gasteiger partial charge in [0.1, 0.15) is 0 Å². The molecule has 0 fully saturated rings. The summed E-state index contributed by atoms with van der Waals surface area (Å²) in [6, 6.07) is 6.64. The minimum atomic E-state index is -0.540. The quantitative estimate of drug-likeness (QED) is 0.540. The number of amides is 3. The van der Waals surface area contributed by atoms with Crippen LogP contribution in [-0.2, 0) is 4.79 Å². The summed E-state index contributed by atoms with van der Waals surface area (Å²) in [5.74, 6) is -0.0746. The maximum Gasteiger partial charge on any atom is 0.319 e. The molecule has 0 saturated heterocycles. The third-order valence-corrected chi connectivity index (χ3v) is 4.03. The zero-order valence-corrected chi connectivity index (χ0v) is 15.0. The number of carbonyl (C=O) groups excluding carboxylic acids is 2. The molecule has 1 aromatic carbocycles. The number of nitrogens with two attached hydrogens (primary N) is 1. The first kappa shape index (κ1) is 21.9. The second-order valence-corrected chi connectivity index (χ2v) is 5.35. The molecule has 5 N–H and O–H groups in total. The van der Waals surface area contributed by atoms with E-state index < -0.39 is 5.41 Å². The van der Waals surface area contributed by atoms with Crippen LogP contribution in [0.5, 0.6) is 0 Å². The van der Waals surface area contributed by atoms with E-state index in [0.717, 1.165) is 0 Å². The van der Waals surface area contributed by atoms with Gasteiger partial charge in [-0.25, -0.2) is 4.79 Å². The van der Waals surface area contributed by atoms with Gasteiger partial charge in [0.15, 0.2) is 0 Å². The maximum atomic E-state index is 12.4. The highest BCUT2D eigenvalue weighted by Crippen LogP contribution is 2.27. The van der Waals surface area contributed by atoms with Crippen molar-refractivity contribution in [3.63, 3.8) is 0 Å². The Bertz CT molecular complexity index is 534. The Labute approximate surface area is 149 Å². The first-order valence-electron chi connectivity index (χ1n) is 7.78. The van der Waals surface area contributed by atoms with Gasteiger partial charge in [0, 0.05) is 24.5 Å². The molecule has 0 radical (unpaired) electrons. The minimum Gasteiger partial charge on any atom is -0.334 e. The summed E-state index contributed by atoms with van der Waals surface area (Å²) < 4.78 is 0. The van der Waals surface area contributed by atoms with Crippen molar-refractivity contribution in [2.24, 2.45) is 11.1 Å². The van der Waals surface area contributed by atoms with Crippen LogP contribution in [-0.4, -0.2) is 25.0 Å². The molecule has 0 unspecified atom stereocenters. The summed E-state index contributed by atoms with van der Waals surface area (Å²) in [6.45, 7) is 8.17. The van der Waals surface area contributed by atoms with Crippen LogP contribution >= 0.6 is 12.4 Å². The highest BCUT2D eigenvalue weighted by Gasteiger charge is 2.33. The summed E-state index contributed by atoms with van der Waals surface area (Å²) in [4.78, 5) is 24.0. The van der Waals surface area contributed by atoms with Crippen LogP contribution < -0.4 is 21.7 Å². The van der Waals surface area contributed by atoms with Crippen molar-refractivity contribution >= 4 is 35.7 Å². The van der Waals surface area contributed by atoms with Crippen molar-refractivity contribution in [1.82, 2.24) is 5.32 Å². The molecule has 1 aromatic rings. The first-order chi connectivity index (χ1) is 11.0. The number of hydrogen-bond donors (Lipinski definition) is 4. The Morgan fingerprint density at radius 1 is 1.12 bits per heavy atom. The maximum absolute atomic E-state index is 12.4. The van der Waals surface area contributed by atoms with Crippen LogP contribution in [0.4, 0.5) is 16.2 Å². The van der Waals surface area contributed by atoms with Crippen LogP contribution in [0.15, 0.2) is 36.9 Å². The third-order valence-electron chi connectivity index (χ3n) is 4.03. The van der Waals surface area contributed by atoms with E-state index in [1.54, 1.807) is 30.3 Å². The van der Waals surface area contributed by atoms with Crippen molar-refractivity contribution in [2.75, 3.05) is 23.7 Å². The predicted octanol–water partition coefficient (Wildman–Crippen LogP) is 3.12. The van der Waals surface area contributed by atoms with Gasteiger partial charge in [0.05, 0.1) is 5.41 Å². The Hall–Kier alpha value is -2.05. The van der Waals surface area contributed by atoms with Gasteiger partial charge in [0.2, 0.25) is 5.91 Å². The first-order valence-corrected chi connectivity index (χ1v) is 7.78. The molecule has 0 aromatic heterocycles. The van der Waals surface area contributed by atoms with Crippen LogP contribution in [0, 0.1) is 5.41 Å². The molecule has 0 atom stereocenters. The van der Waals surface area contributed by atoms with E-state index in [1.165, 1.54) is 0 Å². The van der Waals surface area contributed by atoms with Crippen LogP contribution in [0.2, 0.25) is 0 Å². The van der Waals surface area contributed by atoms with E-state index in [9.17, 15) is 9.59 Å². The minimum absolute atomic E-state index is 0. The number of carbonyl (C=O) groups is 2. The van der Waals surface area contributed by atoms with E-state index in [1.807, 2.05) is 13.8 Å². The molecule has 7 heteroatoms. The summed E-state index contributed by atoms with van der Waals surface area (Å²) >= 11 is 0. The number of hydrogen-bond acceptors (Lipinski definition) is 3. The highest BCUT2D eigenvalue weighted by molar-refractivity contribution is 5.96. The molecular formula is C17H27ClN4O2. The Balaban J connectivity index is 0.00000529. The molecule has 0 bridgehead atoms. The molecule has 0 aliphatic carbocycles. The molecule has 0 spiro atoms. The Kier molecular flexibility index (Phi) is 9.76. The third kappa shape index (κ3) is 5.86. The smallest absolute Gasteiger partial charge is 0.319 e. The topological polar surface area (TPSA) is 96.2 Å². The molecule has 0 aliphatic rings. The van der Waals surface area contributed by atoms with Crippen molar-refractivity contribution < 1.29 is 9.59 Å². The van der Waals surface area contributed by atoms with Gasteiger partial charge in [0.25, 0.3) is 0 Å². The zero-order chi connectivity index (χ0) is 17.3. The van der Waals surface area contributed by atoms with Crippen LogP contribution in [0.1, 0.15) is 26.7 Å². The molecule has 6 nitrogen and oxygen atoms in total. The largest absolute Gasteiger partial charge is 0.334 e. The fourth-order valence-electron chi connectivity index (χ4n) is 2.19. The van der Waals surface area contributed by atoms with Gasteiger partial charge < -0.3 is 21.7 Å². The molecule has 3 amide bonds. The van der Waals surface area contributed by atoms with Crippen LogP contribution in [0.25, 0.3) is 0 Å². The highest BCUT2D eigenvalue weighted by atomic mass is 35.5.